The van der Waals surface area contributed by atoms with Gasteiger partial charge in [0.15, 0.2) is 0 Å². The van der Waals surface area contributed by atoms with Gasteiger partial charge < -0.3 is 9.47 Å². The largest absolute Gasteiger partial charge is 0.488 e. The topological polar surface area (TPSA) is 18.5 Å². The molecule has 0 aliphatic carbocycles. The lowest BCUT2D eigenvalue weighted by Gasteiger charge is -2.21. The lowest BCUT2D eigenvalue weighted by atomic mass is 9.97. The maximum absolute atomic E-state index is 6.01. The van der Waals surface area contributed by atoms with Crippen LogP contribution < -0.4 is 9.47 Å². The smallest absolute Gasteiger partial charge is 0.128 e. The van der Waals surface area contributed by atoms with Crippen molar-refractivity contribution in [1.82, 2.24) is 0 Å². The molecular weight excluding hydrogens is 304 g/mol. The van der Waals surface area contributed by atoms with E-state index < -0.39 is 0 Å². The van der Waals surface area contributed by atoms with Gasteiger partial charge in [0.2, 0.25) is 0 Å². The Kier molecular flexibility index (Phi) is 2.65. The number of hydrogen-bond donors (Lipinski definition) is 0. The molecule has 0 amide bonds. The second-order valence-electron chi connectivity index (χ2n) is 6.29. The summed E-state index contributed by atoms with van der Waals surface area (Å²) in [5, 5.41) is 0. The quantitative estimate of drug-likeness (QED) is 0.546. The van der Waals surface area contributed by atoms with Crippen LogP contribution in [-0.4, -0.2) is 0 Å². The molecule has 2 aliphatic heterocycles. The fourth-order valence-electron chi connectivity index (χ4n) is 3.41. The van der Waals surface area contributed by atoms with Crippen molar-refractivity contribution in [2.75, 3.05) is 0 Å². The van der Waals surface area contributed by atoms with Gasteiger partial charge in [-0.1, -0.05) is 12.1 Å². The summed E-state index contributed by atoms with van der Waals surface area (Å²) in [6.45, 7) is 5.49. The van der Waals surface area contributed by atoms with Gasteiger partial charge in [-0.3, -0.25) is 0 Å². The molecule has 0 fully saturated rings. The van der Waals surface area contributed by atoms with Crippen LogP contribution in [0.15, 0.2) is 36.4 Å². The number of ether oxygens (including phenoxy) is 2. The minimum atomic E-state index is 0.641. The molecule has 0 bridgehead atoms. The Morgan fingerprint density at radius 2 is 1.22 bits per heavy atom. The number of fused-ring (bicyclic) bond motifs is 7. The Bertz CT molecular complexity index is 877. The molecule has 0 unspecified atom stereocenters. The molecule has 0 atom stereocenters. The highest BCUT2D eigenvalue weighted by molar-refractivity contribution is 7.19. The molecule has 2 nitrogen and oxygen atoms in total. The summed E-state index contributed by atoms with van der Waals surface area (Å²) < 4.78 is 12.0. The standard InChI is InChI=1S/C20H16O2S/c1-11-3-5-13-17(7-11)21-9-15-16-10-22-18-8-12(2)4-6-14(18)20(16)23-19(13)15/h3-8H,9-10H2,1-2H3. The van der Waals surface area contributed by atoms with E-state index in [1.807, 2.05) is 11.3 Å². The first-order valence-electron chi connectivity index (χ1n) is 7.83. The molecule has 0 spiro atoms. The Labute approximate surface area is 139 Å². The van der Waals surface area contributed by atoms with Gasteiger partial charge >= 0.3 is 0 Å². The van der Waals surface area contributed by atoms with E-state index >= 15 is 0 Å². The fraction of sp³-hybridized carbons (Fsp3) is 0.200. The summed E-state index contributed by atoms with van der Waals surface area (Å²) in [7, 11) is 0. The number of thiophene rings is 1. The minimum Gasteiger partial charge on any atom is -0.488 e. The third-order valence-electron chi connectivity index (χ3n) is 4.62. The van der Waals surface area contributed by atoms with Crippen LogP contribution >= 0.6 is 11.3 Å². The van der Waals surface area contributed by atoms with Crippen molar-refractivity contribution >= 4 is 11.3 Å². The van der Waals surface area contributed by atoms with Crippen LogP contribution in [0.4, 0.5) is 0 Å². The van der Waals surface area contributed by atoms with Crippen molar-refractivity contribution < 1.29 is 9.47 Å². The first-order chi connectivity index (χ1) is 11.2. The van der Waals surface area contributed by atoms with E-state index in [9.17, 15) is 0 Å². The van der Waals surface area contributed by atoms with Crippen molar-refractivity contribution in [3.63, 3.8) is 0 Å². The summed E-state index contributed by atoms with van der Waals surface area (Å²) in [6.07, 6.45) is 0. The molecule has 3 heterocycles. The molecule has 0 radical (unpaired) electrons. The average Bonchev–Trinajstić information content (AvgIpc) is 2.93. The highest BCUT2D eigenvalue weighted by Gasteiger charge is 2.29. The summed E-state index contributed by atoms with van der Waals surface area (Å²) >= 11 is 1.87. The number of aryl methyl sites for hydroxylation is 2. The van der Waals surface area contributed by atoms with Crippen LogP contribution in [0.25, 0.3) is 20.9 Å². The lowest BCUT2D eigenvalue weighted by molar-refractivity contribution is 0.282. The molecule has 1 aromatic heterocycles. The average molecular weight is 320 g/mol. The van der Waals surface area contributed by atoms with Crippen molar-refractivity contribution in [3.05, 3.63) is 58.7 Å². The van der Waals surface area contributed by atoms with Gasteiger partial charge in [0.05, 0.1) is 0 Å². The predicted molar refractivity (Wildman–Crippen MR) is 93.3 cm³/mol. The molecule has 2 aliphatic rings. The van der Waals surface area contributed by atoms with E-state index in [1.165, 1.54) is 43.1 Å². The van der Waals surface area contributed by atoms with Crippen molar-refractivity contribution in [1.29, 1.82) is 0 Å². The van der Waals surface area contributed by atoms with Gasteiger partial charge in [-0.25, -0.2) is 0 Å². The third kappa shape index (κ3) is 1.86. The molecule has 3 aromatic rings. The van der Waals surface area contributed by atoms with Gasteiger partial charge in [0, 0.05) is 32.0 Å². The van der Waals surface area contributed by atoms with Gasteiger partial charge in [0.1, 0.15) is 24.7 Å². The lowest BCUT2D eigenvalue weighted by Crippen LogP contribution is -2.09. The van der Waals surface area contributed by atoms with Crippen LogP contribution in [0.3, 0.4) is 0 Å². The van der Waals surface area contributed by atoms with Crippen molar-refractivity contribution in [3.8, 4) is 32.4 Å². The van der Waals surface area contributed by atoms with E-state index in [0.717, 1.165) is 11.5 Å². The zero-order valence-electron chi connectivity index (χ0n) is 13.1. The van der Waals surface area contributed by atoms with Crippen LogP contribution in [0.2, 0.25) is 0 Å². The van der Waals surface area contributed by atoms with E-state index in [0.29, 0.717) is 13.2 Å². The van der Waals surface area contributed by atoms with E-state index in [2.05, 4.69) is 50.2 Å². The van der Waals surface area contributed by atoms with Crippen LogP contribution in [0.5, 0.6) is 11.5 Å². The maximum atomic E-state index is 6.01. The predicted octanol–water partition coefficient (Wildman–Crippen LogP) is 5.48. The van der Waals surface area contributed by atoms with Crippen LogP contribution in [0.1, 0.15) is 22.3 Å². The highest BCUT2D eigenvalue weighted by atomic mass is 32.1. The highest BCUT2D eigenvalue weighted by Crippen LogP contribution is 2.51. The van der Waals surface area contributed by atoms with E-state index in [4.69, 9.17) is 9.47 Å². The fourth-order valence-corrected chi connectivity index (χ4v) is 4.78. The first-order valence-corrected chi connectivity index (χ1v) is 8.64. The van der Waals surface area contributed by atoms with E-state index in [-0.39, 0.29) is 0 Å². The number of hydrogen-bond acceptors (Lipinski definition) is 3. The Balaban J connectivity index is 1.75. The Morgan fingerprint density at radius 3 is 1.70 bits per heavy atom. The zero-order chi connectivity index (χ0) is 15.6. The molecule has 3 heteroatoms. The Hall–Kier alpha value is -2.26. The summed E-state index contributed by atoms with van der Waals surface area (Å²) in [5.41, 5.74) is 7.49. The molecule has 0 saturated carbocycles. The van der Waals surface area contributed by atoms with Gasteiger partial charge in [-0.2, -0.15) is 0 Å². The molecule has 5 rings (SSSR count). The van der Waals surface area contributed by atoms with Gasteiger partial charge in [-0.15, -0.1) is 11.3 Å². The van der Waals surface area contributed by atoms with E-state index in [1.54, 1.807) is 0 Å². The van der Waals surface area contributed by atoms with Gasteiger partial charge in [-0.05, 0) is 49.2 Å². The molecule has 23 heavy (non-hydrogen) atoms. The third-order valence-corrected chi connectivity index (χ3v) is 5.96. The summed E-state index contributed by atoms with van der Waals surface area (Å²) in [6, 6.07) is 12.9. The first kappa shape index (κ1) is 13.2. The summed E-state index contributed by atoms with van der Waals surface area (Å²) in [4.78, 5) is 2.68. The Morgan fingerprint density at radius 1 is 0.739 bits per heavy atom. The molecule has 0 N–H and O–H groups in total. The monoisotopic (exact) mass is 320 g/mol. The van der Waals surface area contributed by atoms with Crippen LogP contribution in [0, 0.1) is 13.8 Å². The second-order valence-corrected chi connectivity index (χ2v) is 7.31. The minimum absolute atomic E-state index is 0.641. The maximum Gasteiger partial charge on any atom is 0.128 e. The SMILES string of the molecule is Cc1ccc2c(c1)OCc1c-2sc2c1COc1cc(C)ccc1-2. The van der Waals surface area contributed by atoms with Crippen LogP contribution in [-0.2, 0) is 13.2 Å². The zero-order valence-corrected chi connectivity index (χ0v) is 13.9. The number of rotatable bonds is 0. The molecular formula is C20H16O2S. The van der Waals surface area contributed by atoms with Gasteiger partial charge in [0.25, 0.3) is 0 Å². The molecule has 2 aromatic carbocycles. The van der Waals surface area contributed by atoms with Crippen molar-refractivity contribution in [2.45, 2.75) is 27.1 Å². The normalized spacial score (nSPS) is 14.0. The second kappa shape index (κ2) is 4.62. The molecule has 0 saturated heterocycles. The molecule has 114 valence electrons. The van der Waals surface area contributed by atoms with Crippen molar-refractivity contribution in [2.24, 2.45) is 0 Å². The number of benzene rings is 2. The summed E-state index contributed by atoms with van der Waals surface area (Å²) in [5.74, 6) is 2.00.